The molecule has 0 aliphatic carbocycles. The first-order valence-corrected chi connectivity index (χ1v) is 7.13. The molecule has 110 valence electrons. The first-order valence-electron chi connectivity index (χ1n) is 7.13. The Morgan fingerprint density at radius 3 is 2.60 bits per heavy atom. The molecule has 1 aliphatic heterocycles. The molecule has 5 nitrogen and oxygen atoms in total. The van der Waals surface area contributed by atoms with Gasteiger partial charge in [0.15, 0.2) is 0 Å². The zero-order valence-corrected chi connectivity index (χ0v) is 12.3. The van der Waals surface area contributed by atoms with E-state index in [4.69, 9.17) is 5.73 Å². The number of carbonyl (C=O) groups excluding carboxylic acids is 1. The second-order valence-electron chi connectivity index (χ2n) is 5.37. The molecule has 0 bridgehead atoms. The molecule has 3 N–H and O–H groups in total. The maximum atomic E-state index is 12.4. The van der Waals surface area contributed by atoms with E-state index in [2.05, 4.69) is 22.2 Å². The maximum Gasteiger partial charge on any atom is 0.241 e. The lowest BCUT2D eigenvalue weighted by Gasteiger charge is -2.35. The number of anilines is 1. The molecule has 0 saturated carbocycles. The van der Waals surface area contributed by atoms with Gasteiger partial charge >= 0.3 is 0 Å². The molecular weight excluding hydrogens is 252 g/mol. The van der Waals surface area contributed by atoms with Crippen LogP contribution in [-0.2, 0) is 11.3 Å². The van der Waals surface area contributed by atoms with Crippen molar-refractivity contribution in [3.8, 4) is 0 Å². The third-order valence-corrected chi connectivity index (χ3v) is 3.96. The van der Waals surface area contributed by atoms with Crippen molar-refractivity contribution in [1.29, 1.82) is 0 Å². The molecule has 1 atom stereocenters. The number of amides is 1. The van der Waals surface area contributed by atoms with E-state index in [0.29, 0.717) is 6.54 Å². The second-order valence-corrected chi connectivity index (χ2v) is 5.37. The maximum absolute atomic E-state index is 12.4. The van der Waals surface area contributed by atoms with Crippen molar-refractivity contribution >= 4 is 11.6 Å². The standard InChI is InChI=1S/C15H24N4O/c1-12(19-9-7-18(2)8-10-19)15(20)17-14-6-4-3-5-13(14)11-16/h3-6,12H,7-11,16H2,1-2H3,(H,17,20). The van der Waals surface area contributed by atoms with Gasteiger partial charge in [0.05, 0.1) is 6.04 Å². The van der Waals surface area contributed by atoms with E-state index in [9.17, 15) is 4.79 Å². The molecule has 5 heteroatoms. The Morgan fingerprint density at radius 1 is 1.30 bits per heavy atom. The van der Waals surface area contributed by atoms with Crippen LogP contribution in [0.4, 0.5) is 5.69 Å². The SMILES string of the molecule is CC(C(=O)Nc1ccccc1CN)N1CCN(C)CC1. The van der Waals surface area contributed by atoms with Crippen molar-refractivity contribution in [2.45, 2.75) is 19.5 Å². The minimum Gasteiger partial charge on any atom is -0.326 e. The summed E-state index contributed by atoms with van der Waals surface area (Å²) in [5, 5.41) is 3.00. The molecule has 20 heavy (non-hydrogen) atoms. The third kappa shape index (κ3) is 3.56. The van der Waals surface area contributed by atoms with Gasteiger partial charge in [0, 0.05) is 38.4 Å². The lowest BCUT2D eigenvalue weighted by Crippen LogP contribution is -2.51. The Kier molecular flexibility index (Phi) is 5.11. The fourth-order valence-electron chi connectivity index (χ4n) is 2.43. The van der Waals surface area contributed by atoms with Crippen LogP contribution in [0.2, 0.25) is 0 Å². The van der Waals surface area contributed by atoms with Crippen LogP contribution in [0.15, 0.2) is 24.3 Å². The van der Waals surface area contributed by atoms with Crippen LogP contribution in [0.3, 0.4) is 0 Å². The number of hydrogen-bond donors (Lipinski definition) is 2. The average Bonchev–Trinajstić information content (AvgIpc) is 2.48. The van der Waals surface area contributed by atoms with Gasteiger partial charge in [0.2, 0.25) is 5.91 Å². The van der Waals surface area contributed by atoms with Gasteiger partial charge in [-0.2, -0.15) is 0 Å². The number of rotatable bonds is 4. The molecule has 1 amide bonds. The van der Waals surface area contributed by atoms with E-state index < -0.39 is 0 Å². The summed E-state index contributed by atoms with van der Waals surface area (Å²) in [5.41, 5.74) is 7.48. The summed E-state index contributed by atoms with van der Waals surface area (Å²) in [6.45, 7) is 6.28. The van der Waals surface area contributed by atoms with Gasteiger partial charge in [-0.15, -0.1) is 0 Å². The van der Waals surface area contributed by atoms with Crippen molar-refractivity contribution in [1.82, 2.24) is 9.80 Å². The smallest absolute Gasteiger partial charge is 0.241 e. The number of likely N-dealkylation sites (N-methyl/N-ethyl adjacent to an activating group) is 1. The van der Waals surface area contributed by atoms with E-state index in [0.717, 1.165) is 37.4 Å². The van der Waals surface area contributed by atoms with Gasteiger partial charge in [-0.3, -0.25) is 9.69 Å². The first kappa shape index (κ1) is 15.0. The van der Waals surface area contributed by atoms with Crippen LogP contribution in [-0.4, -0.2) is 55.0 Å². The highest BCUT2D eigenvalue weighted by atomic mass is 16.2. The molecule has 1 saturated heterocycles. The quantitative estimate of drug-likeness (QED) is 0.850. The largest absolute Gasteiger partial charge is 0.326 e. The van der Waals surface area contributed by atoms with Gasteiger partial charge < -0.3 is 16.0 Å². The molecule has 1 aromatic rings. The first-order chi connectivity index (χ1) is 9.61. The van der Waals surface area contributed by atoms with E-state index >= 15 is 0 Å². The second kappa shape index (κ2) is 6.83. The predicted molar refractivity (Wildman–Crippen MR) is 81.5 cm³/mol. The lowest BCUT2D eigenvalue weighted by atomic mass is 10.1. The minimum atomic E-state index is -0.116. The fourth-order valence-corrected chi connectivity index (χ4v) is 2.43. The van der Waals surface area contributed by atoms with Crippen LogP contribution in [0.5, 0.6) is 0 Å². The number of nitrogens with two attached hydrogens (primary N) is 1. The van der Waals surface area contributed by atoms with Crippen molar-refractivity contribution in [2.24, 2.45) is 5.73 Å². The third-order valence-electron chi connectivity index (χ3n) is 3.96. The van der Waals surface area contributed by atoms with E-state index in [1.165, 1.54) is 0 Å². The van der Waals surface area contributed by atoms with Gasteiger partial charge in [-0.05, 0) is 25.6 Å². The molecule has 1 unspecified atom stereocenters. The Balaban J connectivity index is 1.97. The molecular formula is C15H24N4O. The molecule has 0 aromatic heterocycles. The number of benzene rings is 1. The molecule has 0 radical (unpaired) electrons. The minimum absolute atomic E-state index is 0.0375. The van der Waals surface area contributed by atoms with Gasteiger partial charge in [-0.25, -0.2) is 0 Å². The summed E-state index contributed by atoms with van der Waals surface area (Å²) in [6, 6.07) is 7.57. The van der Waals surface area contributed by atoms with Crippen molar-refractivity contribution < 1.29 is 4.79 Å². The Bertz CT molecular complexity index is 455. The number of hydrogen-bond acceptors (Lipinski definition) is 4. The molecule has 1 aromatic carbocycles. The fraction of sp³-hybridized carbons (Fsp3) is 0.533. The van der Waals surface area contributed by atoms with E-state index in [1.54, 1.807) is 0 Å². The van der Waals surface area contributed by atoms with E-state index in [1.807, 2.05) is 31.2 Å². The van der Waals surface area contributed by atoms with Crippen molar-refractivity contribution in [2.75, 3.05) is 38.5 Å². The topological polar surface area (TPSA) is 61.6 Å². The van der Waals surface area contributed by atoms with Crippen LogP contribution in [0.25, 0.3) is 0 Å². The Morgan fingerprint density at radius 2 is 1.95 bits per heavy atom. The predicted octanol–water partition coefficient (Wildman–Crippen LogP) is 0.720. The molecule has 0 spiro atoms. The van der Waals surface area contributed by atoms with Crippen molar-refractivity contribution in [3.63, 3.8) is 0 Å². The summed E-state index contributed by atoms with van der Waals surface area (Å²) < 4.78 is 0. The zero-order valence-electron chi connectivity index (χ0n) is 12.3. The van der Waals surface area contributed by atoms with Gasteiger partial charge in [0.25, 0.3) is 0 Å². The summed E-state index contributed by atoms with van der Waals surface area (Å²) in [5.74, 6) is 0.0375. The number of para-hydroxylation sites is 1. The monoisotopic (exact) mass is 276 g/mol. The van der Waals surface area contributed by atoms with Crippen LogP contribution < -0.4 is 11.1 Å². The highest BCUT2D eigenvalue weighted by Crippen LogP contribution is 2.15. The number of piperazine rings is 1. The average molecular weight is 276 g/mol. The van der Waals surface area contributed by atoms with Crippen molar-refractivity contribution in [3.05, 3.63) is 29.8 Å². The van der Waals surface area contributed by atoms with Crippen LogP contribution in [0.1, 0.15) is 12.5 Å². The lowest BCUT2D eigenvalue weighted by molar-refractivity contribution is -0.121. The summed E-state index contributed by atoms with van der Waals surface area (Å²) >= 11 is 0. The number of nitrogens with zero attached hydrogens (tertiary/aromatic N) is 2. The summed E-state index contributed by atoms with van der Waals surface area (Å²) in [7, 11) is 2.11. The summed E-state index contributed by atoms with van der Waals surface area (Å²) in [6.07, 6.45) is 0. The molecule has 1 heterocycles. The Labute approximate surface area is 120 Å². The highest BCUT2D eigenvalue weighted by molar-refractivity contribution is 5.95. The Hall–Kier alpha value is -1.43. The highest BCUT2D eigenvalue weighted by Gasteiger charge is 2.24. The van der Waals surface area contributed by atoms with E-state index in [-0.39, 0.29) is 11.9 Å². The summed E-state index contributed by atoms with van der Waals surface area (Å²) in [4.78, 5) is 16.9. The van der Waals surface area contributed by atoms with Crippen LogP contribution >= 0.6 is 0 Å². The molecule has 2 rings (SSSR count). The normalized spacial score (nSPS) is 18.8. The van der Waals surface area contributed by atoms with Crippen LogP contribution in [0, 0.1) is 0 Å². The molecule has 1 aliphatic rings. The number of nitrogens with one attached hydrogen (secondary N) is 1. The molecule has 1 fully saturated rings. The zero-order chi connectivity index (χ0) is 14.5. The van der Waals surface area contributed by atoms with Gasteiger partial charge in [0.1, 0.15) is 0 Å². The van der Waals surface area contributed by atoms with Gasteiger partial charge in [-0.1, -0.05) is 18.2 Å². The number of carbonyl (C=O) groups is 1.